The quantitative estimate of drug-likeness (QED) is 0.794. The van der Waals surface area contributed by atoms with E-state index in [9.17, 15) is 27.5 Å². The summed E-state index contributed by atoms with van der Waals surface area (Å²) in [6, 6.07) is 5.72. The predicted molar refractivity (Wildman–Crippen MR) is 88.9 cm³/mol. The summed E-state index contributed by atoms with van der Waals surface area (Å²) in [6.45, 7) is 0.219. The maximum absolute atomic E-state index is 13.4. The van der Waals surface area contributed by atoms with Crippen molar-refractivity contribution >= 4 is 21.9 Å². The lowest BCUT2D eigenvalue weighted by Crippen LogP contribution is -2.34. The molecule has 0 spiro atoms. The Morgan fingerprint density at radius 3 is 2.60 bits per heavy atom. The molecule has 1 aliphatic heterocycles. The molecule has 138 valence electrons. The molecule has 1 amide bonds. The molecule has 1 N–H and O–H groups in total. The van der Waals surface area contributed by atoms with Crippen molar-refractivity contribution in [3.05, 3.63) is 35.6 Å². The van der Waals surface area contributed by atoms with Gasteiger partial charge in [-0.05, 0) is 17.7 Å². The van der Waals surface area contributed by atoms with Gasteiger partial charge in [0.05, 0.1) is 12.2 Å². The standard InChI is InChI=1S/C16H21FN2O5S/c1-18(25(2,23)24)7-6-15(20)19-9-13(14(10-19)16(21)22)11-4-3-5-12(17)8-11/h3-5,8,13-14H,6-7,9-10H2,1-2H3,(H,21,22)/t13-,14+/m0/s1. The second kappa shape index (κ2) is 7.49. The number of sulfonamides is 1. The second-order valence-corrected chi connectivity index (χ2v) is 8.33. The minimum Gasteiger partial charge on any atom is -0.481 e. The highest BCUT2D eigenvalue weighted by Crippen LogP contribution is 2.33. The molecule has 2 rings (SSSR count). The van der Waals surface area contributed by atoms with Crippen LogP contribution in [0, 0.1) is 11.7 Å². The molecule has 1 aliphatic rings. The van der Waals surface area contributed by atoms with Crippen molar-refractivity contribution in [1.82, 2.24) is 9.21 Å². The first kappa shape index (κ1) is 19.3. The summed E-state index contributed by atoms with van der Waals surface area (Å²) in [6.07, 6.45) is 1.01. The van der Waals surface area contributed by atoms with Gasteiger partial charge < -0.3 is 10.0 Å². The van der Waals surface area contributed by atoms with Gasteiger partial charge in [0.25, 0.3) is 0 Å². The minimum atomic E-state index is -3.38. The number of amides is 1. The van der Waals surface area contributed by atoms with Crippen LogP contribution in [0.1, 0.15) is 17.9 Å². The first-order chi connectivity index (χ1) is 11.6. The molecule has 0 aliphatic carbocycles. The number of carboxylic acid groups (broad SMARTS) is 1. The number of hydrogen-bond acceptors (Lipinski definition) is 4. The maximum atomic E-state index is 13.4. The highest BCUT2D eigenvalue weighted by molar-refractivity contribution is 7.88. The zero-order chi connectivity index (χ0) is 18.8. The normalized spacial score (nSPS) is 20.9. The van der Waals surface area contributed by atoms with Crippen LogP contribution in [0.5, 0.6) is 0 Å². The lowest BCUT2D eigenvalue weighted by atomic mass is 9.89. The molecule has 9 heteroatoms. The van der Waals surface area contributed by atoms with Crippen LogP contribution in [-0.4, -0.2) is 67.5 Å². The Kier molecular flexibility index (Phi) is 5.79. The van der Waals surface area contributed by atoms with E-state index >= 15 is 0 Å². The van der Waals surface area contributed by atoms with Gasteiger partial charge in [0.1, 0.15) is 5.82 Å². The Bertz CT molecular complexity index is 768. The van der Waals surface area contributed by atoms with Gasteiger partial charge in [-0.3, -0.25) is 9.59 Å². The van der Waals surface area contributed by atoms with Crippen molar-refractivity contribution in [2.24, 2.45) is 5.92 Å². The van der Waals surface area contributed by atoms with Crippen molar-refractivity contribution in [2.75, 3.05) is 32.9 Å². The topological polar surface area (TPSA) is 95.0 Å². The number of carboxylic acids is 1. The van der Waals surface area contributed by atoms with Crippen LogP contribution >= 0.6 is 0 Å². The van der Waals surface area contributed by atoms with Crippen LogP contribution in [-0.2, 0) is 19.6 Å². The second-order valence-electron chi connectivity index (χ2n) is 6.24. The van der Waals surface area contributed by atoms with Crippen molar-refractivity contribution in [3.63, 3.8) is 0 Å². The molecule has 0 aromatic heterocycles. The Balaban J connectivity index is 2.09. The summed E-state index contributed by atoms with van der Waals surface area (Å²) in [5.41, 5.74) is 0.538. The third kappa shape index (κ3) is 4.76. The molecular formula is C16H21FN2O5S. The SMILES string of the molecule is CN(CCC(=O)N1C[C@@H](C(=O)O)[C@H](c2cccc(F)c2)C1)S(C)(=O)=O. The molecule has 0 unspecified atom stereocenters. The zero-order valence-electron chi connectivity index (χ0n) is 14.1. The van der Waals surface area contributed by atoms with Gasteiger partial charge in [-0.15, -0.1) is 0 Å². The molecule has 2 atom stereocenters. The molecule has 1 fully saturated rings. The van der Waals surface area contributed by atoms with Crippen LogP contribution in [0.25, 0.3) is 0 Å². The molecule has 1 saturated heterocycles. The number of hydrogen-bond donors (Lipinski definition) is 1. The Labute approximate surface area is 146 Å². The molecule has 1 heterocycles. The van der Waals surface area contributed by atoms with Crippen LogP contribution in [0.4, 0.5) is 4.39 Å². The fraction of sp³-hybridized carbons (Fsp3) is 0.500. The van der Waals surface area contributed by atoms with Crippen molar-refractivity contribution in [1.29, 1.82) is 0 Å². The largest absolute Gasteiger partial charge is 0.481 e. The van der Waals surface area contributed by atoms with Crippen LogP contribution in [0.15, 0.2) is 24.3 Å². The molecule has 25 heavy (non-hydrogen) atoms. The summed E-state index contributed by atoms with van der Waals surface area (Å²) < 4.78 is 37.2. The molecule has 7 nitrogen and oxygen atoms in total. The van der Waals surface area contributed by atoms with Gasteiger partial charge in [-0.2, -0.15) is 0 Å². The van der Waals surface area contributed by atoms with Crippen LogP contribution in [0.2, 0.25) is 0 Å². The first-order valence-corrected chi connectivity index (χ1v) is 9.61. The maximum Gasteiger partial charge on any atom is 0.308 e. The van der Waals surface area contributed by atoms with E-state index in [0.717, 1.165) is 10.6 Å². The fourth-order valence-electron chi connectivity index (χ4n) is 2.91. The Hall–Kier alpha value is -2.00. The minimum absolute atomic E-state index is 0.0243. The molecule has 0 bridgehead atoms. The average Bonchev–Trinajstić information content (AvgIpc) is 2.97. The van der Waals surface area contributed by atoms with E-state index in [1.807, 2.05) is 0 Å². The van der Waals surface area contributed by atoms with E-state index in [0.29, 0.717) is 5.56 Å². The van der Waals surface area contributed by atoms with Crippen molar-refractivity contribution in [2.45, 2.75) is 12.3 Å². The summed E-state index contributed by atoms with van der Waals surface area (Å²) in [5.74, 6) is -3.14. The number of carbonyl (C=O) groups is 2. The first-order valence-electron chi connectivity index (χ1n) is 7.77. The number of nitrogens with zero attached hydrogens (tertiary/aromatic N) is 2. The summed E-state index contributed by atoms with van der Waals surface area (Å²) in [7, 11) is -2.00. The average molecular weight is 372 g/mol. The lowest BCUT2D eigenvalue weighted by molar-refractivity contribution is -0.141. The number of carbonyl (C=O) groups excluding carboxylic acids is 1. The van der Waals surface area contributed by atoms with Gasteiger partial charge in [0, 0.05) is 39.0 Å². The summed E-state index contributed by atoms with van der Waals surface area (Å²) >= 11 is 0. The lowest BCUT2D eigenvalue weighted by Gasteiger charge is -2.19. The molecule has 0 radical (unpaired) electrons. The van der Waals surface area contributed by atoms with Gasteiger partial charge in [0.15, 0.2) is 0 Å². The summed E-state index contributed by atoms with van der Waals surface area (Å²) in [5, 5.41) is 9.42. The molecular weight excluding hydrogens is 351 g/mol. The van der Waals surface area contributed by atoms with E-state index in [1.165, 1.54) is 30.1 Å². The van der Waals surface area contributed by atoms with E-state index in [1.54, 1.807) is 6.07 Å². The molecule has 1 aromatic carbocycles. The van der Waals surface area contributed by atoms with Crippen molar-refractivity contribution in [3.8, 4) is 0 Å². The molecule has 0 saturated carbocycles. The van der Waals surface area contributed by atoms with E-state index < -0.39 is 33.6 Å². The monoisotopic (exact) mass is 372 g/mol. The van der Waals surface area contributed by atoms with Gasteiger partial charge in [-0.25, -0.2) is 17.1 Å². The van der Waals surface area contributed by atoms with E-state index in [2.05, 4.69) is 0 Å². The fourth-order valence-corrected chi connectivity index (χ4v) is 3.33. The predicted octanol–water partition coefficient (Wildman–Crippen LogP) is 0.734. The van der Waals surface area contributed by atoms with Crippen molar-refractivity contribution < 1.29 is 27.5 Å². The molecule has 1 aromatic rings. The number of benzene rings is 1. The number of likely N-dealkylation sites (tertiary alicyclic amines) is 1. The van der Waals surface area contributed by atoms with E-state index in [-0.39, 0.29) is 32.0 Å². The summed E-state index contributed by atoms with van der Waals surface area (Å²) in [4.78, 5) is 25.3. The number of halogens is 1. The van der Waals surface area contributed by atoms with Gasteiger partial charge in [0.2, 0.25) is 15.9 Å². The Morgan fingerprint density at radius 1 is 1.36 bits per heavy atom. The van der Waals surface area contributed by atoms with E-state index in [4.69, 9.17) is 0 Å². The highest BCUT2D eigenvalue weighted by atomic mass is 32.2. The van der Waals surface area contributed by atoms with Crippen LogP contribution in [0.3, 0.4) is 0 Å². The smallest absolute Gasteiger partial charge is 0.308 e. The van der Waals surface area contributed by atoms with Gasteiger partial charge >= 0.3 is 5.97 Å². The highest BCUT2D eigenvalue weighted by Gasteiger charge is 2.40. The number of rotatable bonds is 6. The Morgan fingerprint density at radius 2 is 2.04 bits per heavy atom. The van der Waals surface area contributed by atoms with Gasteiger partial charge in [-0.1, -0.05) is 12.1 Å². The zero-order valence-corrected chi connectivity index (χ0v) is 14.9. The number of aliphatic carboxylic acids is 1. The van der Waals surface area contributed by atoms with Crippen LogP contribution < -0.4 is 0 Å². The third-order valence-corrected chi connectivity index (χ3v) is 5.79. The third-order valence-electron chi connectivity index (χ3n) is 4.47.